The molecular weight excluding hydrogens is 364 g/mol. The van der Waals surface area contributed by atoms with E-state index < -0.39 is 16.0 Å². The molecule has 0 bridgehead atoms. The van der Waals surface area contributed by atoms with E-state index in [1.807, 2.05) is 0 Å². The van der Waals surface area contributed by atoms with Crippen LogP contribution >= 0.6 is 38.6 Å². The lowest BCUT2D eigenvalue weighted by Gasteiger charge is -2.01. The average molecular weight is 369 g/mol. The summed E-state index contributed by atoms with van der Waals surface area (Å²) in [6.07, 6.45) is 1.47. The van der Waals surface area contributed by atoms with E-state index in [2.05, 4.69) is 25.6 Å². The highest BCUT2D eigenvalue weighted by atomic mass is 79.9. The molecule has 2 N–H and O–H groups in total. The number of anilines is 1. The quantitative estimate of drug-likeness (QED) is 0.863. The van der Waals surface area contributed by atoms with E-state index >= 15 is 0 Å². The first kappa shape index (κ1) is 13.5. The molecule has 0 aliphatic rings. The van der Waals surface area contributed by atoms with Crippen LogP contribution in [0, 0.1) is 0 Å². The second kappa shape index (κ2) is 4.96. The molecule has 0 aromatic carbocycles. The number of carbonyl (C=O) groups is 1. The number of halogens is 1. The largest absolute Gasteiger partial charge is 0.478 e. The minimum Gasteiger partial charge on any atom is -0.478 e. The zero-order valence-corrected chi connectivity index (χ0v) is 12.5. The smallest absolute Gasteiger partial charge is 0.336 e. The first-order valence-electron chi connectivity index (χ1n) is 4.34. The summed E-state index contributed by atoms with van der Waals surface area (Å²) in [5.74, 6) is -1.16. The fourth-order valence-corrected chi connectivity index (χ4v) is 4.54. The number of sulfonamides is 1. The maximum absolute atomic E-state index is 11.9. The number of hydrogen-bond acceptors (Lipinski definition) is 6. The summed E-state index contributed by atoms with van der Waals surface area (Å²) in [4.78, 5) is 14.5. The van der Waals surface area contributed by atoms with Crippen molar-refractivity contribution in [3.8, 4) is 0 Å². The van der Waals surface area contributed by atoms with Crippen molar-refractivity contribution in [2.24, 2.45) is 0 Å². The van der Waals surface area contributed by atoms with Crippen LogP contribution in [-0.4, -0.2) is 24.5 Å². The summed E-state index contributed by atoms with van der Waals surface area (Å²) in [5.41, 5.74) is -0.0549. The van der Waals surface area contributed by atoms with Gasteiger partial charge < -0.3 is 5.11 Å². The lowest BCUT2D eigenvalue weighted by atomic mass is 10.4. The molecule has 0 fully saturated rings. The molecule has 0 saturated heterocycles. The summed E-state index contributed by atoms with van der Waals surface area (Å²) in [5, 5.41) is 10.2. The average Bonchev–Trinajstić information content (AvgIpc) is 2.86. The van der Waals surface area contributed by atoms with Crippen molar-refractivity contribution >= 4 is 59.7 Å². The Morgan fingerprint density at radius 2 is 2.22 bits per heavy atom. The molecule has 6 nitrogen and oxygen atoms in total. The Morgan fingerprint density at radius 3 is 2.72 bits per heavy atom. The highest BCUT2D eigenvalue weighted by molar-refractivity contribution is 9.11. The van der Waals surface area contributed by atoms with Crippen LogP contribution in [-0.2, 0) is 10.0 Å². The van der Waals surface area contributed by atoms with Crippen LogP contribution in [0.2, 0.25) is 0 Å². The lowest BCUT2D eigenvalue weighted by Crippen LogP contribution is -2.11. The van der Waals surface area contributed by atoms with Crippen LogP contribution in [0.4, 0.5) is 5.13 Å². The molecule has 2 aromatic rings. The third-order valence-corrected chi connectivity index (χ3v) is 6.09. The number of hydrogen-bond donors (Lipinski definition) is 2. The van der Waals surface area contributed by atoms with Gasteiger partial charge in [0.1, 0.15) is 4.21 Å². The van der Waals surface area contributed by atoms with E-state index in [1.54, 1.807) is 0 Å². The summed E-state index contributed by atoms with van der Waals surface area (Å²) >= 11 is 5.14. The van der Waals surface area contributed by atoms with Crippen LogP contribution in [0.25, 0.3) is 0 Å². The topological polar surface area (TPSA) is 96.4 Å². The fraction of sp³-hybridized carbons (Fsp3) is 0. The molecule has 10 heteroatoms. The molecule has 0 radical (unpaired) electrons. The third kappa shape index (κ3) is 2.88. The molecular formula is C8H5BrN2O4S3. The van der Waals surface area contributed by atoms with Gasteiger partial charge in [0.2, 0.25) is 0 Å². The zero-order valence-electron chi connectivity index (χ0n) is 8.45. The van der Waals surface area contributed by atoms with Gasteiger partial charge in [-0.3, -0.25) is 4.72 Å². The van der Waals surface area contributed by atoms with Gasteiger partial charge in [0, 0.05) is 5.38 Å². The van der Waals surface area contributed by atoms with Crippen molar-refractivity contribution in [3.63, 3.8) is 0 Å². The normalized spacial score (nSPS) is 11.4. The van der Waals surface area contributed by atoms with Crippen molar-refractivity contribution < 1.29 is 18.3 Å². The first-order chi connectivity index (χ1) is 8.38. The number of nitrogens with zero attached hydrogens (tertiary/aromatic N) is 1. The predicted octanol–water partition coefficient (Wildman–Crippen LogP) is 2.47. The number of rotatable bonds is 4. The standard InChI is InChI=1S/C8H5BrN2O4S3/c9-5-2-10-8(17-5)11-18(14,15)6-1-4(3-16-6)7(12)13/h1-3H,(H,10,11)(H,12,13). The van der Waals surface area contributed by atoms with E-state index in [-0.39, 0.29) is 14.9 Å². The highest BCUT2D eigenvalue weighted by Gasteiger charge is 2.20. The van der Waals surface area contributed by atoms with Crippen molar-refractivity contribution in [2.75, 3.05) is 4.72 Å². The molecule has 0 atom stereocenters. The monoisotopic (exact) mass is 368 g/mol. The van der Waals surface area contributed by atoms with Crippen LogP contribution in [0.5, 0.6) is 0 Å². The maximum Gasteiger partial charge on any atom is 0.336 e. The molecule has 2 heterocycles. The van der Waals surface area contributed by atoms with Gasteiger partial charge in [-0.05, 0) is 22.0 Å². The van der Waals surface area contributed by atoms with Crippen molar-refractivity contribution in [2.45, 2.75) is 4.21 Å². The third-order valence-electron chi connectivity index (χ3n) is 1.79. The maximum atomic E-state index is 11.9. The minimum atomic E-state index is -3.78. The van der Waals surface area contributed by atoms with Gasteiger partial charge in [0.15, 0.2) is 5.13 Å². The first-order valence-corrected chi connectivity index (χ1v) is 8.32. The molecule has 18 heavy (non-hydrogen) atoms. The minimum absolute atomic E-state index is 0.0549. The Labute approximate surface area is 118 Å². The predicted molar refractivity (Wildman–Crippen MR) is 71.9 cm³/mol. The Kier molecular flexibility index (Phi) is 3.71. The Hall–Kier alpha value is -0.970. The number of aromatic nitrogens is 1. The summed E-state index contributed by atoms with van der Waals surface area (Å²) in [6.45, 7) is 0. The molecule has 2 aromatic heterocycles. The number of carboxylic acid groups (broad SMARTS) is 1. The van der Waals surface area contributed by atoms with E-state index in [1.165, 1.54) is 11.6 Å². The molecule has 0 unspecified atom stereocenters. The van der Waals surface area contributed by atoms with E-state index in [9.17, 15) is 13.2 Å². The number of nitrogens with one attached hydrogen (secondary N) is 1. The number of carboxylic acids is 1. The fourth-order valence-electron chi connectivity index (χ4n) is 1.04. The van der Waals surface area contributed by atoms with Crippen molar-refractivity contribution in [1.29, 1.82) is 0 Å². The van der Waals surface area contributed by atoms with Crippen LogP contribution in [0.15, 0.2) is 25.6 Å². The Balaban J connectivity index is 2.27. The van der Waals surface area contributed by atoms with Gasteiger partial charge >= 0.3 is 5.97 Å². The second-order valence-electron chi connectivity index (χ2n) is 3.03. The molecule has 0 aliphatic heterocycles. The number of thiazole rings is 1. The van der Waals surface area contributed by atoms with Gasteiger partial charge in [-0.1, -0.05) is 11.3 Å². The van der Waals surface area contributed by atoms with E-state index in [0.29, 0.717) is 3.79 Å². The molecule has 96 valence electrons. The van der Waals surface area contributed by atoms with Gasteiger partial charge in [0.05, 0.1) is 15.5 Å². The molecule has 0 spiro atoms. The number of thiophene rings is 1. The van der Waals surface area contributed by atoms with Gasteiger partial charge in [-0.15, -0.1) is 11.3 Å². The van der Waals surface area contributed by atoms with Gasteiger partial charge in [0.25, 0.3) is 10.0 Å². The van der Waals surface area contributed by atoms with Crippen molar-refractivity contribution in [3.05, 3.63) is 27.0 Å². The van der Waals surface area contributed by atoms with Crippen LogP contribution in [0.3, 0.4) is 0 Å². The van der Waals surface area contributed by atoms with Crippen LogP contribution < -0.4 is 4.72 Å². The SMILES string of the molecule is O=C(O)c1csc(S(=O)(=O)Nc2ncc(Br)s2)c1. The molecule has 2 rings (SSSR count). The van der Waals surface area contributed by atoms with E-state index in [4.69, 9.17) is 5.11 Å². The zero-order chi connectivity index (χ0) is 13.3. The van der Waals surface area contributed by atoms with Crippen LogP contribution in [0.1, 0.15) is 10.4 Å². The summed E-state index contributed by atoms with van der Waals surface area (Å²) in [7, 11) is -3.78. The lowest BCUT2D eigenvalue weighted by molar-refractivity contribution is 0.0697. The van der Waals surface area contributed by atoms with Gasteiger partial charge in [-0.2, -0.15) is 0 Å². The molecule has 0 aliphatic carbocycles. The highest BCUT2D eigenvalue weighted by Crippen LogP contribution is 2.27. The summed E-state index contributed by atoms with van der Waals surface area (Å²) < 4.78 is 26.7. The molecule has 0 saturated carbocycles. The number of aromatic carboxylic acids is 1. The molecule has 0 amide bonds. The Bertz CT molecular complexity index is 691. The van der Waals surface area contributed by atoms with Crippen molar-refractivity contribution in [1.82, 2.24) is 4.98 Å². The second-order valence-corrected chi connectivity index (χ2v) is 8.26. The summed E-state index contributed by atoms with van der Waals surface area (Å²) in [6, 6.07) is 1.11. The van der Waals surface area contributed by atoms with Gasteiger partial charge in [-0.25, -0.2) is 18.2 Å². The Morgan fingerprint density at radius 1 is 1.50 bits per heavy atom. The van der Waals surface area contributed by atoms with E-state index in [0.717, 1.165) is 28.7 Å².